The first-order valence-corrected chi connectivity index (χ1v) is 16.6. The van der Waals surface area contributed by atoms with Crippen LogP contribution in [0.3, 0.4) is 0 Å². The predicted octanol–water partition coefficient (Wildman–Crippen LogP) is -7.31. The van der Waals surface area contributed by atoms with Crippen molar-refractivity contribution < 1.29 is 109 Å². The van der Waals surface area contributed by atoms with Crippen molar-refractivity contribution in [3.63, 3.8) is 0 Å². The molecule has 23 heteroatoms. The first-order chi connectivity index (χ1) is 24.5. The fourth-order valence-electron chi connectivity index (χ4n) is 5.23. The SMILES string of the molecule is CC(OC(OC(C(=O)O)C(C)OC1OC(CO)C(OC2OC(CO)C(O)C(O)C2O)C(O)C1O)C(O)O)C(CO)OC(OCCCCCN)C(O)O. The predicted molar refractivity (Wildman–Crippen MR) is 165 cm³/mol. The minimum absolute atomic E-state index is 0.0381. The number of unbranched alkanes of at least 4 members (excludes halogenated alkanes) is 2. The van der Waals surface area contributed by atoms with E-state index in [1.54, 1.807) is 0 Å². The van der Waals surface area contributed by atoms with Gasteiger partial charge in [-0.25, -0.2) is 4.79 Å². The minimum Gasteiger partial charge on any atom is -0.479 e. The summed E-state index contributed by atoms with van der Waals surface area (Å²) in [4.78, 5) is 12.2. The molecule has 2 aliphatic rings. The molecule has 2 rings (SSSR count). The second-order valence-corrected chi connectivity index (χ2v) is 12.2. The summed E-state index contributed by atoms with van der Waals surface area (Å²) in [6, 6.07) is 0. The summed E-state index contributed by atoms with van der Waals surface area (Å²) in [5.74, 6) is -1.75. The molecule has 308 valence electrons. The molecular weight excluding hydrogens is 714 g/mol. The van der Waals surface area contributed by atoms with Crippen LogP contribution in [0.2, 0.25) is 0 Å². The Kier molecular flexibility index (Phi) is 20.6. The highest BCUT2D eigenvalue weighted by atomic mass is 16.8. The number of aliphatic hydroxyl groups is 12. The molecular formula is C29H55NO22. The average Bonchev–Trinajstić information content (AvgIpc) is 3.10. The first-order valence-electron chi connectivity index (χ1n) is 16.6. The van der Waals surface area contributed by atoms with Gasteiger partial charge in [0.05, 0.1) is 32.0 Å². The highest BCUT2D eigenvalue weighted by molar-refractivity contribution is 5.73. The summed E-state index contributed by atoms with van der Waals surface area (Å²) in [5.41, 5.74) is 5.43. The zero-order chi connectivity index (χ0) is 39.3. The first kappa shape index (κ1) is 46.8. The molecule has 15 N–H and O–H groups in total. The van der Waals surface area contributed by atoms with E-state index in [1.807, 2.05) is 0 Å². The Morgan fingerprint density at radius 1 is 0.712 bits per heavy atom. The number of carboxylic acid groups (broad SMARTS) is 1. The third kappa shape index (κ3) is 13.1. The number of rotatable bonds is 24. The van der Waals surface area contributed by atoms with Crippen molar-refractivity contribution in [1.82, 2.24) is 0 Å². The molecule has 23 nitrogen and oxygen atoms in total. The van der Waals surface area contributed by atoms with Crippen LogP contribution in [-0.2, 0) is 42.7 Å². The minimum atomic E-state index is -2.51. The monoisotopic (exact) mass is 769 g/mol. The number of ether oxygens (including phenoxy) is 8. The van der Waals surface area contributed by atoms with Crippen molar-refractivity contribution in [1.29, 1.82) is 0 Å². The van der Waals surface area contributed by atoms with Gasteiger partial charge in [-0.1, -0.05) is 0 Å². The van der Waals surface area contributed by atoms with Crippen LogP contribution in [0.1, 0.15) is 33.1 Å². The van der Waals surface area contributed by atoms with Crippen LogP contribution < -0.4 is 5.73 Å². The lowest BCUT2D eigenvalue weighted by atomic mass is 9.97. The molecule has 16 atom stereocenters. The highest BCUT2D eigenvalue weighted by Gasteiger charge is 2.51. The van der Waals surface area contributed by atoms with Crippen LogP contribution in [0.25, 0.3) is 0 Å². The van der Waals surface area contributed by atoms with E-state index in [0.717, 1.165) is 6.92 Å². The Hall–Kier alpha value is -1.37. The van der Waals surface area contributed by atoms with Gasteiger partial charge in [0, 0.05) is 6.61 Å². The number of carboxylic acids is 1. The second kappa shape index (κ2) is 22.9. The van der Waals surface area contributed by atoms with E-state index in [-0.39, 0.29) is 6.61 Å². The van der Waals surface area contributed by atoms with Crippen molar-refractivity contribution >= 4 is 5.97 Å². The topological polar surface area (TPSA) is 380 Å². The number of carbonyl (C=O) groups is 1. The Balaban J connectivity index is 2.10. The van der Waals surface area contributed by atoms with Crippen molar-refractivity contribution in [3.8, 4) is 0 Å². The fraction of sp³-hybridized carbons (Fsp3) is 0.966. The Morgan fingerprint density at radius 3 is 1.85 bits per heavy atom. The van der Waals surface area contributed by atoms with Gasteiger partial charge in [-0.15, -0.1) is 0 Å². The number of hydrogen-bond donors (Lipinski definition) is 14. The number of nitrogens with two attached hydrogens (primary N) is 1. The zero-order valence-electron chi connectivity index (χ0n) is 28.6. The van der Waals surface area contributed by atoms with Crippen LogP contribution in [0.15, 0.2) is 0 Å². The number of hydrogen-bond acceptors (Lipinski definition) is 22. The second-order valence-electron chi connectivity index (χ2n) is 12.2. The Morgan fingerprint density at radius 2 is 1.31 bits per heavy atom. The smallest absolute Gasteiger partial charge is 0.335 e. The van der Waals surface area contributed by atoms with E-state index < -0.39 is 137 Å². The maximum atomic E-state index is 12.2. The van der Waals surface area contributed by atoms with Crippen LogP contribution in [-0.4, -0.2) is 216 Å². The van der Waals surface area contributed by atoms with E-state index in [9.17, 15) is 71.2 Å². The molecule has 0 bridgehead atoms. The maximum Gasteiger partial charge on any atom is 0.335 e. The summed E-state index contributed by atoms with van der Waals surface area (Å²) < 4.78 is 43.1. The summed E-state index contributed by atoms with van der Waals surface area (Å²) in [6.45, 7) is 0.323. The largest absolute Gasteiger partial charge is 0.479 e. The number of aliphatic hydroxyl groups excluding tert-OH is 10. The van der Waals surface area contributed by atoms with Gasteiger partial charge in [0.15, 0.2) is 18.7 Å². The van der Waals surface area contributed by atoms with Gasteiger partial charge < -0.3 is 110 Å². The van der Waals surface area contributed by atoms with Gasteiger partial charge in [-0.3, -0.25) is 0 Å². The maximum absolute atomic E-state index is 12.2. The third-order valence-corrected chi connectivity index (χ3v) is 8.24. The quantitative estimate of drug-likeness (QED) is 0.0320. The van der Waals surface area contributed by atoms with Gasteiger partial charge in [0.1, 0.15) is 54.9 Å². The molecule has 52 heavy (non-hydrogen) atoms. The molecule has 16 unspecified atom stereocenters. The van der Waals surface area contributed by atoms with Crippen molar-refractivity contribution in [2.75, 3.05) is 33.0 Å². The summed E-state index contributed by atoms with van der Waals surface area (Å²) in [5, 5.41) is 130. The molecule has 2 heterocycles. The van der Waals surface area contributed by atoms with Crippen LogP contribution >= 0.6 is 0 Å². The highest BCUT2D eigenvalue weighted by Crippen LogP contribution is 2.30. The molecule has 2 aliphatic heterocycles. The molecule has 0 aromatic heterocycles. The molecule has 0 amide bonds. The van der Waals surface area contributed by atoms with E-state index in [2.05, 4.69) is 0 Å². The van der Waals surface area contributed by atoms with Gasteiger partial charge in [0.2, 0.25) is 25.2 Å². The average molecular weight is 770 g/mol. The van der Waals surface area contributed by atoms with Gasteiger partial charge in [-0.05, 0) is 39.7 Å². The van der Waals surface area contributed by atoms with Gasteiger partial charge in [0.25, 0.3) is 0 Å². The normalized spacial score (nSPS) is 33.5. The molecule has 2 saturated heterocycles. The Labute approximate surface area is 298 Å². The van der Waals surface area contributed by atoms with Crippen molar-refractivity contribution in [3.05, 3.63) is 0 Å². The van der Waals surface area contributed by atoms with Crippen LogP contribution in [0.4, 0.5) is 0 Å². The lowest BCUT2D eigenvalue weighted by Crippen LogP contribution is -2.65. The molecule has 0 aliphatic carbocycles. The number of aliphatic carboxylic acids is 1. The van der Waals surface area contributed by atoms with E-state index in [1.165, 1.54) is 6.92 Å². The van der Waals surface area contributed by atoms with Gasteiger partial charge in [-0.2, -0.15) is 0 Å². The van der Waals surface area contributed by atoms with E-state index in [4.69, 9.17) is 43.6 Å². The standard InChI is InChI=1S/C29H55NO22/c1-11(13(8-31)48-28(24(41)42)45-7-5-3-4-6-30)46-29(25(43)44)51-21(23(39)40)12(2)47-26-20(38)18(36)22(15(10-33)50-26)52-27-19(37)17(35)16(34)14(9-32)49-27/h11-22,24-29,31-38,41-44H,3-10,30H2,1-2H3,(H,39,40). The van der Waals surface area contributed by atoms with Gasteiger partial charge >= 0.3 is 5.97 Å². The Bertz CT molecular complexity index is 995. The summed E-state index contributed by atoms with van der Waals surface area (Å²) in [6.07, 6.45) is -30.9. The molecule has 0 aromatic carbocycles. The van der Waals surface area contributed by atoms with Crippen LogP contribution in [0, 0.1) is 0 Å². The molecule has 0 spiro atoms. The molecule has 2 fully saturated rings. The molecule has 0 radical (unpaired) electrons. The van der Waals surface area contributed by atoms with E-state index >= 15 is 0 Å². The molecule has 0 saturated carbocycles. The lowest BCUT2D eigenvalue weighted by molar-refractivity contribution is -0.366. The van der Waals surface area contributed by atoms with Crippen molar-refractivity contribution in [2.45, 2.75) is 144 Å². The van der Waals surface area contributed by atoms with E-state index in [0.29, 0.717) is 25.8 Å². The summed E-state index contributed by atoms with van der Waals surface area (Å²) >= 11 is 0. The lowest BCUT2D eigenvalue weighted by Gasteiger charge is -2.46. The van der Waals surface area contributed by atoms with Crippen LogP contribution in [0.5, 0.6) is 0 Å². The molecule has 0 aromatic rings. The fourth-order valence-corrected chi connectivity index (χ4v) is 5.23. The summed E-state index contributed by atoms with van der Waals surface area (Å²) in [7, 11) is 0. The third-order valence-electron chi connectivity index (χ3n) is 8.24. The zero-order valence-corrected chi connectivity index (χ0v) is 28.6. The van der Waals surface area contributed by atoms with Crippen molar-refractivity contribution in [2.24, 2.45) is 5.73 Å².